The molecule has 0 atom stereocenters. The summed E-state index contributed by atoms with van der Waals surface area (Å²) in [5, 5.41) is 14.3. The van der Waals surface area contributed by atoms with E-state index in [1.807, 2.05) is 20.8 Å². The van der Waals surface area contributed by atoms with E-state index in [1.54, 1.807) is 12.1 Å². The number of hydrogen-bond acceptors (Lipinski definition) is 2. The minimum absolute atomic E-state index is 0.0356. The third-order valence-electron chi connectivity index (χ3n) is 1.97. The van der Waals surface area contributed by atoms with Crippen molar-refractivity contribution in [3.05, 3.63) is 28.2 Å². The van der Waals surface area contributed by atoms with E-state index in [4.69, 9.17) is 5.11 Å². The first kappa shape index (κ1) is 14.5. The molecule has 1 rings (SSSR count). The lowest BCUT2D eigenvalue weighted by Gasteiger charge is -2.21. The van der Waals surface area contributed by atoms with Crippen LogP contribution in [-0.2, 0) is 0 Å². The molecule has 5 nitrogen and oxygen atoms in total. The Morgan fingerprint density at radius 3 is 2.39 bits per heavy atom. The first-order valence-electron chi connectivity index (χ1n) is 5.31. The second-order valence-corrected chi connectivity index (χ2v) is 5.65. The summed E-state index contributed by atoms with van der Waals surface area (Å²) < 4.78 is 0.520. The lowest BCUT2D eigenvalue weighted by Crippen LogP contribution is -2.43. The van der Waals surface area contributed by atoms with E-state index in [2.05, 4.69) is 26.6 Å². The summed E-state index contributed by atoms with van der Waals surface area (Å²) in [6, 6.07) is 4.25. The van der Waals surface area contributed by atoms with Gasteiger partial charge in [0.15, 0.2) is 0 Å². The Labute approximate surface area is 114 Å². The fourth-order valence-electron chi connectivity index (χ4n) is 1.31. The lowest BCUT2D eigenvalue weighted by molar-refractivity contribution is 0.0698. The SMILES string of the molecule is CC(C)(C)NC(=O)Nc1c(Br)cccc1C(=O)O. The maximum absolute atomic E-state index is 11.7. The van der Waals surface area contributed by atoms with Crippen LogP contribution in [-0.4, -0.2) is 22.6 Å². The Bertz CT molecular complexity index is 481. The van der Waals surface area contributed by atoms with Gasteiger partial charge in [0.2, 0.25) is 0 Å². The maximum Gasteiger partial charge on any atom is 0.337 e. The topological polar surface area (TPSA) is 78.4 Å². The second-order valence-electron chi connectivity index (χ2n) is 4.80. The quantitative estimate of drug-likeness (QED) is 0.785. The van der Waals surface area contributed by atoms with Crippen LogP contribution in [0.1, 0.15) is 31.1 Å². The van der Waals surface area contributed by atoms with Crippen molar-refractivity contribution >= 4 is 33.6 Å². The predicted octanol–water partition coefficient (Wildman–Crippen LogP) is 3.07. The molecule has 1 aromatic carbocycles. The molecule has 0 radical (unpaired) electrons. The molecule has 18 heavy (non-hydrogen) atoms. The van der Waals surface area contributed by atoms with Crippen LogP contribution in [0.2, 0.25) is 0 Å². The third-order valence-corrected chi connectivity index (χ3v) is 2.63. The van der Waals surface area contributed by atoms with Gasteiger partial charge in [0.25, 0.3) is 0 Å². The third kappa shape index (κ3) is 4.03. The number of carbonyl (C=O) groups excluding carboxylic acids is 1. The molecular formula is C12H15BrN2O3. The van der Waals surface area contributed by atoms with Crippen molar-refractivity contribution < 1.29 is 14.7 Å². The molecule has 0 saturated carbocycles. The number of carboxylic acids is 1. The molecule has 1 aromatic rings. The highest BCUT2D eigenvalue weighted by molar-refractivity contribution is 9.10. The number of urea groups is 1. The Morgan fingerprint density at radius 1 is 1.28 bits per heavy atom. The van der Waals surface area contributed by atoms with Gasteiger partial charge in [0, 0.05) is 10.0 Å². The minimum Gasteiger partial charge on any atom is -0.478 e. The molecule has 0 spiro atoms. The highest BCUT2D eigenvalue weighted by Gasteiger charge is 2.18. The standard InChI is InChI=1S/C12H15BrN2O3/c1-12(2,3)15-11(18)14-9-7(10(16)17)5-4-6-8(9)13/h4-6H,1-3H3,(H,16,17)(H2,14,15,18). The molecule has 0 aliphatic rings. The molecule has 0 aliphatic heterocycles. The normalized spacial score (nSPS) is 10.9. The van der Waals surface area contributed by atoms with Gasteiger partial charge in [-0.15, -0.1) is 0 Å². The summed E-state index contributed by atoms with van der Waals surface area (Å²) in [6.45, 7) is 5.51. The molecule has 2 amide bonds. The summed E-state index contributed by atoms with van der Waals surface area (Å²) in [6.07, 6.45) is 0. The van der Waals surface area contributed by atoms with Crippen molar-refractivity contribution in [2.45, 2.75) is 26.3 Å². The molecule has 0 saturated heterocycles. The summed E-state index contributed by atoms with van der Waals surface area (Å²) in [5.74, 6) is -1.10. The molecule has 6 heteroatoms. The smallest absolute Gasteiger partial charge is 0.337 e. The Hall–Kier alpha value is -1.56. The van der Waals surface area contributed by atoms with Gasteiger partial charge in [0.05, 0.1) is 11.3 Å². The first-order chi connectivity index (χ1) is 8.20. The van der Waals surface area contributed by atoms with Crippen LogP contribution in [0.15, 0.2) is 22.7 Å². The van der Waals surface area contributed by atoms with Crippen molar-refractivity contribution in [3.8, 4) is 0 Å². The maximum atomic E-state index is 11.7. The van der Waals surface area contributed by atoms with Gasteiger partial charge >= 0.3 is 12.0 Å². The van der Waals surface area contributed by atoms with E-state index in [0.29, 0.717) is 4.47 Å². The molecular weight excluding hydrogens is 300 g/mol. The number of carboxylic acid groups (broad SMARTS) is 1. The number of benzene rings is 1. The van der Waals surface area contributed by atoms with Gasteiger partial charge in [-0.3, -0.25) is 0 Å². The summed E-state index contributed by atoms with van der Waals surface area (Å²) in [4.78, 5) is 22.8. The van der Waals surface area contributed by atoms with Crippen LogP contribution in [0.4, 0.5) is 10.5 Å². The van der Waals surface area contributed by atoms with Crippen molar-refractivity contribution in [2.24, 2.45) is 0 Å². The van der Waals surface area contributed by atoms with E-state index < -0.39 is 17.5 Å². The Morgan fingerprint density at radius 2 is 1.89 bits per heavy atom. The number of amides is 2. The van der Waals surface area contributed by atoms with Crippen LogP contribution in [0.5, 0.6) is 0 Å². The number of hydrogen-bond donors (Lipinski definition) is 3. The molecule has 0 unspecified atom stereocenters. The van der Waals surface area contributed by atoms with Gasteiger partial charge in [-0.2, -0.15) is 0 Å². The average Bonchev–Trinajstić information content (AvgIpc) is 2.17. The summed E-state index contributed by atoms with van der Waals surface area (Å²) in [7, 11) is 0. The van der Waals surface area contributed by atoms with Crippen LogP contribution in [0.25, 0.3) is 0 Å². The zero-order valence-electron chi connectivity index (χ0n) is 10.4. The van der Waals surface area contributed by atoms with E-state index in [-0.39, 0.29) is 11.3 Å². The van der Waals surface area contributed by atoms with E-state index in [9.17, 15) is 9.59 Å². The second kappa shape index (κ2) is 5.39. The number of nitrogens with one attached hydrogen (secondary N) is 2. The summed E-state index contributed by atoms with van der Waals surface area (Å²) >= 11 is 3.22. The molecule has 0 aliphatic carbocycles. The number of para-hydroxylation sites is 1. The van der Waals surface area contributed by atoms with Crippen LogP contribution >= 0.6 is 15.9 Å². The van der Waals surface area contributed by atoms with Gasteiger partial charge in [0.1, 0.15) is 0 Å². The molecule has 0 fully saturated rings. The van der Waals surface area contributed by atoms with Gasteiger partial charge in [-0.1, -0.05) is 6.07 Å². The predicted molar refractivity (Wildman–Crippen MR) is 73.0 cm³/mol. The number of aromatic carboxylic acids is 1. The van der Waals surface area contributed by atoms with Gasteiger partial charge in [-0.05, 0) is 48.8 Å². The fourth-order valence-corrected chi connectivity index (χ4v) is 1.78. The van der Waals surface area contributed by atoms with E-state index in [1.165, 1.54) is 6.07 Å². The van der Waals surface area contributed by atoms with Gasteiger partial charge < -0.3 is 15.7 Å². The number of carbonyl (C=O) groups is 2. The van der Waals surface area contributed by atoms with Crippen molar-refractivity contribution in [1.82, 2.24) is 5.32 Å². The average molecular weight is 315 g/mol. The lowest BCUT2D eigenvalue weighted by atomic mass is 10.1. The van der Waals surface area contributed by atoms with Gasteiger partial charge in [-0.25, -0.2) is 9.59 Å². The monoisotopic (exact) mass is 314 g/mol. The Kier molecular flexibility index (Phi) is 4.34. The Balaban J connectivity index is 2.97. The largest absolute Gasteiger partial charge is 0.478 e. The fraction of sp³-hybridized carbons (Fsp3) is 0.333. The number of halogens is 1. The number of anilines is 1. The molecule has 0 aromatic heterocycles. The highest BCUT2D eigenvalue weighted by atomic mass is 79.9. The molecule has 98 valence electrons. The zero-order valence-corrected chi connectivity index (χ0v) is 12.0. The molecule has 0 bridgehead atoms. The molecule has 3 N–H and O–H groups in total. The van der Waals surface area contributed by atoms with Crippen LogP contribution in [0.3, 0.4) is 0 Å². The van der Waals surface area contributed by atoms with Crippen molar-refractivity contribution in [2.75, 3.05) is 5.32 Å². The van der Waals surface area contributed by atoms with E-state index in [0.717, 1.165) is 0 Å². The van der Waals surface area contributed by atoms with Crippen LogP contribution < -0.4 is 10.6 Å². The zero-order chi connectivity index (χ0) is 13.9. The molecule has 0 heterocycles. The van der Waals surface area contributed by atoms with E-state index >= 15 is 0 Å². The number of rotatable bonds is 2. The highest BCUT2D eigenvalue weighted by Crippen LogP contribution is 2.26. The van der Waals surface area contributed by atoms with Crippen LogP contribution in [0, 0.1) is 0 Å². The summed E-state index contributed by atoms with van der Waals surface area (Å²) in [5.41, 5.74) is -0.116. The van der Waals surface area contributed by atoms with Crippen molar-refractivity contribution in [1.29, 1.82) is 0 Å². The minimum atomic E-state index is -1.10. The van der Waals surface area contributed by atoms with Crippen molar-refractivity contribution in [3.63, 3.8) is 0 Å². The first-order valence-corrected chi connectivity index (χ1v) is 6.11.